The Morgan fingerprint density at radius 2 is 1.71 bits per heavy atom. The van der Waals surface area contributed by atoms with Crippen LogP contribution < -0.4 is 17.7 Å². The summed E-state index contributed by atoms with van der Waals surface area (Å²) in [5.74, 6) is 1.00. The molecule has 38 heavy (non-hydrogen) atoms. The van der Waals surface area contributed by atoms with Gasteiger partial charge < -0.3 is 27.4 Å². The number of rotatable bonds is 12. The van der Waals surface area contributed by atoms with Crippen molar-refractivity contribution in [3.63, 3.8) is 0 Å². The van der Waals surface area contributed by atoms with Crippen molar-refractivity contribution in [3.05, 3.63) is 40.8 Å². The Bertz CT molecular complexity index is 1060. The molecule has 1 fully saturated rings. The molecule has 3 heterocycles. The first-order chi connectivity index (χ1) is 18.0. The summed E-state index contributed by atoms with van der Waals surface area (Å²) in [6.45, 7) is 8.51. The van der Waals surface area contributed by atoms with E-state index in [-0.39, 0.29) is 18.4 Å². The predicted molar refractivity (Wildman–Crippen MR) is 155 cm³/mol. The predicted octanol–water partition coefficient (Wildman–Crippen LogP) is 4.38. The third-order valence-electron chi connectivity index (χ3n) is 7.62. The van der Waals surface area contributed by atoms with Crippen molar-refractivity contribution in [1.29, 1.82) is 0 Å². The van der Waals surface area contributed by atoms with E-state index in [9.17, 15) is 4.79 Å². The number of anilines is 2. The maximum Gasteiger partial charge on any atom is 0.310 e. The van der Waals surface area contributed by atoms with Gasteiger partial charge >= 0.3 is 5.97 Å². The molecule has 0 atom stereocenters. The first-order valence-electron chi connectivity index (χ1n) is 14.3. The third kappa shape index (κ3) is 8.45. The zero-order valence-electron chi connectivity index (χ0n) is 23.4. The van der Waals surface area contributed by atoms with Gasteiger partial charge in [0.05, 0.1) is 50.2 Å². The summed E-state index contributed by atoms with van der Waals surface area (Å²) in [4.78, 5) is 21.2. The lowest BCUT2D eigenvalue weighted by Gasteiger charge is -2.42. The van der Waals surface area contributed by atoms with Gasteiger partial charge in [0.15, 0.2) is 0 Å². The van der Waals surface area contributed by atoms with Crippen molar-refractivity contribution in [2.45, 2.75) is 78.1 Å². The number of para-hydroxylation sites is 2. The number of benzene rings is 1. The van der Waals surface area contributed by atoms with Crippen molar-refractivity contribution in [1.82, 2.24) is 4.90 Å². The van der Waals surface area contributed by atoms with Gasteiger partial charge in [-0.25, -0.2) is 4.99 Å². The highest BCUT2D eigenvalue weighted by Crippen LogP contribution is 2.39. The van der Waals surface area contributed by atoms with Crippen LogP contribution in [-0.2, 0) is 9.53 Å². The molecule has 0 unspecified atom stereocenters. The van der Waals surface area contributed by atoms with Gasteiger partial charge in [-0.05, 0) is 31.5 Å². The molecule has 2 aliphatic rings. The van der Waals surface area contributed by atoms with E-state index in [2.05, 4.69) is 49.3 Å². The first kappa shape index (κ1) is 30.5. The molecule has 1 N–H and O–H groups in total. The number of halogens is 1. The van der Waals surface area contributed by atoms with Gasteiger partial charge in [-0.15, -0.1) is 11.3 Å². The molecule has 0 radical (unpaired) electrons. The number of hydrogen-bond acceptors (Lipinski definition) is 6. The number of carbonyl (C=O) groups is 1. The van der Waals surface area contributed by atoms with E-state index < -0.39 is 0 Å². The van der Waals surface area contributed by atoms with Crippen LogP contribution >= 0.6 is 11.3 Å². The summed E-state index contributed by atoms with van der Waals surface area (Å²) in [6, 6.07) is 10.5. The van der Waals surface area contributed by atoms with Crippen LogP contribution in [0.25, 0.3) is 0 Å². The fourth-order valence-electron chi connectivity index (χ4n) is 5.16. The number of esters is 1. The quantitative estimate of drug-likeness (QED) is 0.238. The maximum absolute atomic E-state index is 12.4. The smallest absolute Gasteiger partial charge is 0.310 e. The fraction of sp³-hybridized carbons (Fsp3) is 0.600. The molecule has 2 aromatic rings. The van der Waals surface area contributed by atoms with E-state index in [4.69, 9.17) is 9.73 Å². The largest absolute Gasteiger partial charge is 1.00 e. The summed E-state index contributed by atoms with van der Waals surface area (Å²) >= 11 is 1.78. The molecular weight excluding hydrogens is 516 g/mol. The second-order valence-corrected chi connectivity index (χ2v) is 12.2. The Balaban J connectivity index is 0.00000400. The second kappa shape index (κ2) is 14.9. The zero-order chi connectivity index (χ0) is 26.1. The summed E-state index contributed by atoms with van der Waals surface area (Å²) < 4.78 is 6.50. The van der Waals surface area contributed by atoms with Crippen LogP contribution in [0.5, 0.6) is 0 Å². The molecule has 6 nitrogen and oxygen atoms in total. The number of nitrogens with zero attached hydrogens (tertiary/aromatic N) is 3. The summed E-state index contributed by atoms with van der Waals surface area (Å²) in [6.07, 6.45) is 11.9. The number of unbranched alkanes of at least 4 members (excludes halogenated alkanes) is 8. The normalized spacial score (nSPS) is 15.9. The van der Waals surface area contributed by atoms with Crippen LogP contribution in [0, 0.1) is 6.92 Å². The minimum atomic E-state index is -0.0426. The van der Waals surface area contributed by atoms with Gasteiger partial charge in [0.1, 0.15) is 10.8 Å². The molecular formula is C30H45ClN4O2S. The fourth-order valence-corrected chi connectivity index (χ4v) is 6.08. The number of hydrogen-bond donors (Lipinski definition) is 1. The van der Waals surface area contributed by atoms with Crippen LogP contribution in [0.1, 0.15) is 81.6 Å². The molecule has 0 amide bonds. The molecule has 0 saturated carbocycles. The van der Waals surface area contributed by atoms with Crippen molar-refractivity contribution in [3.8, 4) is 0 Å². The minimum absolute atomic E-state index is 0. The highest BCUT2D eigenvalue weighted by molar-refractivity contribution is 7.16. The summed E-state index contributed by atoms with van der Waals surface area (Å²) in [7, 11) is 2.20. The Hall–Kier alpha value is -2.09. The molecule has 8 heteroatoms. The van der Waals surface area contributed by atoms with E-state index in [1.165, 1.54) is 55.4 Å². The third-order valence-corrected chi connectivity index (χ3v) is 8.58. The molecule has 1 aromatic heterocycles. The van der Waals surface area contributed by atoms with Gasteiger partial charge in [-0.2, -0.15) is 0 Å². The van der Waals surface area contributed by atoms with E-state index in [1.54, 1.807) is 11.3 Å². The zero-order valence-corrected chi connectivity index (χ0v) is 25.0. The Morgan fingerprint density at radius 1 is 1.05 bits per heavy atom. The molecule has 1 saturated heterocycles. The van der Waals surface area contributed by atoms with E-state index in [1.807, 2.05) is 12.1 Å². The van der Waals surface area contributed by atoms with E-state index in [0.29, 0.717) is 13.2 Å². The highest BCUT2D eigenvalue weighted by atomic mass is 35.5. The van der Waals surface area contributed by atoms with Gasteiger partial charge in [0, 0.05) is 11.3 Å². The molecule has 1 aromatic carbocycles. The van der Waals surface area contributed by atoms with Crippen molar-refractivity contribution in [2.75, 3.05) is 45.3 Å². The lowest BCUT2D eigenvalue weighted by molar-refractivity contribution is -0.929. The second-order valence-electron chi connectivity index (χ2n) is 11.0. The number of ether oxygens (including phenoxy) is 1. The number of amidine groups is 1. The lowest BCUT2D eigenvalue weighted by atomic mass is 10.1. The van der Waals surface area contributed by atoms with E-state index in [0.717, 1.165) is 65.7 Å². The lowest BCUT2D eigenvalue weighted by Crippen LogP contribution is -3.00. The molecule has 4 rings (SSSR count). The summed E-state index contributed by atoms with van der Waals surface area (Å²) in [5, 5.41) is 4.76. The van der Waals surface area contributed by atoms with Crippen molar-refractivity contribution >= 4 is 39.5 Å². The molecule has 0 spiro atoms. The average molecular weight is 561 g/mol. The molecule has 2 aliphatic heterocycles. The summed E-state index contributed by atoms with van der Waals surface area (Å²) in [5.41, 5.74) is 3.21. The standard InChI is InChI=1S/C30H45N4O2S.ClH/c1-4-5-6-7-8-9-10-11-12-17-28(35)36-23-34(3)20-18-33(19-21-34)29-25-22-24(2)37-30(25)32-27-16-14-13-15-26(27)31-29;/h13-16,22,32H,4-12,17-21,23H2,1-3H3;1H/q+1;/p-1. The van der Waals surface area contributed by atoms with Crippen LogP contribution in [-0.4, -0.2) is 61.1 Å². The van der Waals surface area contributed by atoms with Crippen molar-refractivity contribution < 1.29 is 26.4 Å². The number of nitrogens with one attached hydrogen (secondary N) is 1. The van der Waals surface area contributed by atoms with Gasteiger partial charge in [0.25, 0.3) is 0 Å². The first-order valence-corrected chi connectivity index (χ1v) is 15.1. The topological polar surface area (TPSA) is 53.9 Å². The average Bonchev–Trinajstić information content (AvgIpc) is 3.18. The van der Waals surface area contributed by atoms with Gasteiger partial charge in [-0.3, -0.25) is 9.28 Å². The SMILES string of the molecule is CCCCCCCCCCCC(=O)OC[N+]1(C)CCN(C2=Nc3ccccc3Nc3sc(C)cc32)CC1.[Cl-]. The number of aryl methyl sites for hydroxylation is 1. The van der Waals surface area contributed by atoms with Gasteiger partial charge in [0.2, 0.25) is 6.73 Å². The number of piperazine rings is 1. The van der Waals surface area contributed by atoms with Crippen LogP contribution in [0.4, 0.5) is 16.4 Å². The van der Waals surface area contributed by atoms with Crippen LogP contribution in [0.2, 0.25) is 0 Å². The van der Waals surface area contributed by atoms with E-state index >= 15 is 0 Å². The molecule has 0 bridgehead atoms. The maximum atomic E-state index is 12.4. The monoisotopic (exact) mass is 560 g/mol. The Labute approximate surface area is 239 Å². The van der Waals surface area contributed by atoms with Crippen LogP contribution in [0.3, 0.4) is 0 Å². The van der Waals surface area contributed by atoms with Crippen LogP contribution in [0.15, 0.2) is 35.3 Å². The number of quaternary nitrogens is 1. The highest BCUT2D eigenvalue weighted by Gasteiger charge is 2.33. The Kier molecular flexibility index (Phi) is 11.9. The Morgan fingerprint density at radius 3 is 2.42 bits per heavy atom. The van der Waals surface area contributed by atoms with Gasteiger partial charge in [-0.1, -0.05) is 70.4 Å². The number of fused-ring (bicyclic) bond motifs is 2. The number of aliphatic imine (C=N–C) groups is 1. The van der Waals surface area contributed by atoms with Crippen molar-refractivity contribution in [2.24, 2.45) is 4.99 Å². The number of thiophene rings is 1. The minimum Gasteiger partial charge on any atom is -1.00 e. The molecule has 210 valence electrons. The number of likely N-dealkylation sites (N-methyl/N-ethyl adjacent to an activating group) is 1. The number of carbonyl (C=O) groups excluding carboxylic acids is 1. The molecule has 0 aliphatic carbocycles.